The average molecular weight is 399 g/mol. The van der Waals surface area contributed by atoms with Gasteiger partial charge in [-0.1, -0.05) is 17.3 Å². The van der Waals surface area contributed by atoms with Gasteiger partial charge in [0, 0.05) is 28.9 Å². The van der Waals surface area contributed by atoms with Crippen LogP contribution in [-0.2, 0) is 17.5 Å². The molecule has 0 aliphatic rings. The first-order chi connectivity index (χ1) is 13.4. The Labute approximate surface area is 167 Å². The molecule has 0 aliphatic carbocycles. The van der Waals surface area contributed by atoms with Gasteiger partial charge in [-0.05, 0) is 39.0 Å². The molecule has 146 valence electrons. The van der Waals surface area contributed by atoms with E-state index in [1.807, 2.05) is 43.7 Å². The normalized spacial score (nSPS) is 10.9. The quantitative estimate of drug-likeness (QED) is 0.340. The van der Waals surface area contributed by atoms with Crippen LogP contribution in [0.3, 0.4) is 0 Å². The van der Waals surface area contributed by atoms with E-state index in [1.54, 1.807) is 19.1 Å². The number of ether oxygens (including phenoxy) is 1. The number of Topliss-reactive ketones (excluding diaryl/α,β-unsaturated/α-hetero) is 1. The number of carbonyl (C=O) groups is 2. The lowest BCUT2D eigenvalue weighted by atomic mass is 10.1. The molecule has 0 saturated carbocycles. The first kappa shape index (κ1) is 19.9. The molecule has 3 aromatic rings. The van der Waals surface area contributed by atoms with Crippen LogP contribution in [0.25, 0.3) is 0 Å². The number of thioether (sulfide) groups is 1. The molecule has 2 aromatic heterocycles. The van der Waals surface area contributed by atoms with Crippen LogP contribution in [-0.4, -0.2) is 33.1 Å². The molecule has 8 heteroatoms. The van der Waals surface area contributed by atoms with Gasteiger partial charge in [-0.3, -0.25) is 4.79 Å². The van der Waals surface area contributed by atoms with Gasteiger partial charge in [-0.2, -0.15) is 4.98 Å². The second kappa shape index (κ2) is 8.43. The SMILES string of the molecule is Cc1noc(CSc2ccccc2C(=O)OCC(=O)c2cc(C)n(C)c2C)n1. The monoisotopic (exact) mass is 399 g/mol. The number of ketones is 1. The highest BCUT2D eigenvalue weighted by Crippen LogP contribution is 2.26. The van der Waals surface area contributed by atoms with Crippen molar-refractivity contribution in [1.29, 1.82) is 0 Å². The molecule has 0 bridgehead atoms. The summed E-state index contributed by atoms with van der Waals surface area (Å²) in [5.74, 6) is 0.723. The maximum Gasteiger partial charge on any atom is 0.339 e. The summed E-state index contributed by atoms with van der Waals surface area (Å²) in [5.41, 5.74) is 2.80. The summed E-state index contributed by atoms with van der Waals surface area (Å²) in [5, 5.41) is 3.75. The summed E-state index contributed by atoms with van der Waals surface area (Å²) in [7, 11) is 1.89. The Hall–Kier alpha value is -2.87. The van der Waals surface area contributed by atoms with Crippen molar-refractivity contribution in [2.75, 3.05) is 6.61 Å². The highest BCUT2D eigenvalue weighted by atomic mass is 32.2. The third-order valence-corrected chi connectivity index (χ3v) is 5.50. The van der Waals surface area contributed by atoms with Gasteiger partial charge in [-0.25, -0.2) is 4.79 Å². The van der Waals surface area contributed by atoms with Gasteiger partial charge in [0.15, 0.2) is 12.4 Å². The van der Waals surface area contributed by atoms with Crippen molar-refractivity contribution in [3.63, 3.8) is 0 Å². The van der Waals surface area contributed by atoms with Crippen molar-refractivity contribution in [1.82, 2.24) is 14.7 Å². The molecule has 0 unspecified atom stereocenters. The highest BCUT2D eigenvalue weighted by molar-refractivity contribution is 7.98. The van der Waals surface area contributed by atoms with E-state index in [4.69, 9.17) is 9.26 Å². The second-order valence-corrected chi connectivity index (χ2v) is 7.38. The molecule has 1 aromatic carbocycles. The summed E-state index contributed by atoms with van der Waals surface area (Å²) in [6, 6.07) is 8.88. The fourth-order valence-corrected chi connectivity index (χ4v) is 3.60. The van der Waals surface area contributed by atoms with Crippen molar-refractivity contribution in [3.8, 4) is 0 Å². The van der Waals surface area contributed by atoms with E-state index in [0.717, 1.165) is 16.3 Å². The molecular formula is C20H21N3O4S. The number of nitrogens with zero attached hydrogens (tertiary/aromatic N) is 3. The topological polar surface area (TPSA) is 87.2 Å². The maximum absolute atomic E-state index is 12.5. The van der Waals surface area contributed by atoms with Crippen LogP contribution in [0.2, 0.25) is 0 Å². The number of esters is 1. The Morgan fingerprint density at radius 3 is 2.57 bits per heavy atom. The average Bonchev–Trinajstić information content (AvgIpc) is 3.22. The Balaban J connectivity index is 1.65. The zero-order valence-corrected chi connectivity index (χ0v) is 17.0. The van der Waals surface area contributed by atoms with Crippen LogP contribution in [0.1, 0.15) is 43.8 Å². The highest BCUT2D eigenvalue weighted by Gasteiger charge is 2.18. The number of rotatable bonds is 7. The molecule has 0 radical (unpaired) electrons. The van der Waals surface area contributed by atoms with E-state index in [9.17, 15) is 9.59 Å². The minimum atomic E-state index is -0.538. The second-order valence-electron chi connectivity index (χ2n) is 6.36. The molecule has 2 heterocycles. The molecule has 28 heavy (non-hydrogen) atoms. The largest absolute Gasteiger partial charge is 0.454 e. The zero-order valence-electron chi connectivity index (χ0n) is 16.2. The predicted molar refractivity (Wildman–Crippen MR) is 105 cm³/mol. The number of hydrogen-bond donors (Lipinski definition) is 0. The molecule has 0 saturated heterocycles. The number of carbonyl (C=O) groups excluding carboxylic acids is 2. The third-order valence-electron chi connectivity index (χ3n) is 4.44. The van der Waals surface area contributed by atoms with Crippen LogP contribution in [0.4, 0.5) is 0 Å². The fourth-order valence-electron chi connectivity index (χ4n) is 2.72. The van der Waals surface area contributed by atoms with Gasteiger partial charge in [0.2, 0.25) is 11.7 Å². The zero-order chi connectivity index (χ0) is 20.3. The maximum atomic E-state index is 12.5. The lowest BCUT2D eigenvalue weighted by Crippen LogP contribution is -2.15. The smallest absolute Gasteiger partial charge is 0.339 e. The Kier molecular flexibility index (Phi) is 5.99. The molecule has 0 aliphatic heterocycles. The Morgan fingerprint density at radius 2 is 1.93 bits per heavy atom. The van der Waals surface area contributed by atoms with E-state index >= 15 is 0 Å². The van der Waals surface area contributed by atoms with Gasteiger partial charge in [0.1, 0.15) is 0 Å². The van der Waals surface area contributed by atoms with Crippen LogP contribution in [0.5, 0.6) is 0 Å². The lowest BCUT2D eigenvalue weighted by molar-refractivity contribution is 0.0471. The molecule has 7 nitrogen and oxygen atoms in total. The lowest BCUT2D eigenvalue weighted by Gasteiger charge is -2.08. The summed E-state index contributed by atoms with van der Waals surface area (Å²) < 4.78 is 12.3. The molecule has 0 amide bonds. The Morgan fingerprint density at radius 1 is 1.18 bits per heavy atom. The molecule has 0 atom stereocenters. The van der Waals surface area contributed by atoms with E-state index in [0.29, 0.717) is 28.6 Å². The van der Waals surface area contributed by atoms with Crippen LogP contribution < -0.4 is 0 Å². The van der Waals surface area contributed by atoms with Crippen molar-refractivity contribution >= 4 is 23.5 Å². The number of aromatic nitrogens is 3. The van der Waals surface area contributed by atoms with E-state index < -0.39 is 5.97 Å². The molecule has 3 rings (SSSR count). The summed E-state index contributed by atoms with van der Waals surface area (Å²) in [4.78, 5) is 29.8. The van der Waals surface area contributed by atoms with Crippen molar-refractivity contribution in [2.24, 2.45) is 7.05 Å². The minimum absolute atomic E-state index is 0.221. The minimum Gasteiger partial charge on any atom is -0.454 e. The van der Waals surface area contributed by atoms with Gasteiger partial charge in [-0.15, -0.1) is 11.8 Å². The molecule has 0 spiro atoms. The van der Waals surface area contributed by atoms with E-state index in [2.05, 4.69) is 10.1 Å². The molecule has 0 N–H and O–H groups in total. The number of aryl methyl sites for hydroxylation is 2. The molecular weight excluding hydrogens is 378 g/mol. The van der Waals surface area contributed by atoms with Crippen LogP contribution in [0.15, 0.2) is 39.8 Å². The van der Waals surface area contributed by atoms with Gasteiger partial charge in [0.25, 0.3) is 0 Å². The summed E-state index contributed by atoms with van der Waals surface area (Å²) >= 11 is 1.39. The number of benzene rings is 1. The summed E-state index contributed by atoms with van der Waals surface area (Å²) in [6.45, 7) is 5.24. The number of hydrogen-bond acceptors (Lipinski definition) is 7. The van der Waals surface area contributed by atoms with Crippen molar-refractivity contribution in [2.45, 2.75) is 31.4 Å². The first-order valence-corrected chi connectivity index (χ1v) is 9.69. The van der Waals surface area contributed by atoms with Crippen molar-refractivity contribution in [3.05, 3.63) is 64.6 Å². The van der Waals surface area contributed by atoms with Crippen LogP contribution in [0, 0.1) is 20.8 Å². The summed E-state index contributed by atoms with van der Waals surface area (Å²) in [6.07, 6.45) is 0. The van der Waals surface area contributed by atoms with E-state index in [-0.39, 0.29) is 12.4 Å². The van der Waals surface area contributed by atoms with Crippen LogP contribution >= 0.6 is 11.8 Å². The Bertz CT molecular complexity index is 1020. The van der Waals surface area contributed by atoms with Gasteiger partial charge >= 0.3 is 5.97 Å². The third kappa shape index (κ3) is 4.33. The standard InChI is InChI=1S/C20H21N3O4S/c1-12-9-16(13(2)23(12)4)17(24)10-26-20(25)15-7-5-6-8-18(15)28-11-19-21-14(3)22-27-19/h5-9H,10-11H2,1-4H3. The first-order valence-electron chi connectivity index (χ1n) is 8.71. The van der Waals surface area contributed by atoms with Gasteiger partial charge < -0.3 is 13.8 Å². The predicted octanol–water partition coefficient (Wildman–Crippen LogP) is 3.67. The molecule has 0 fully saturated rings. The fraction of sp³-hybridized carbons (Fsp3) is 0.300. The van der Waals surface area contributed by atoms with Crippen molar-refractivity contribution < 1.29 is 18.8 Å². The van der Waals surface area contributed by atoms with Gasteiger partial charge in [0.05, 0.1) is 11.3 Å². The van der Waals surface area contributed by atoms with E-state index in [1.165, 1.54) is 11.8 Å².